The molecule has 0 radical (unpaired) electrons. The van der Waals surface area contributed by atoms with E-state index in [4.69, 9.17) is 19.2 Å². The van der Waals surface area contributed by atoms with Crippen molar-refractivity contribution in [1.82, 2.24) is 35.1 Å². The molecule has 1 aliphatic heterocycles. The third kappa shape index (κ3) is 18.1. The molecule has 4 atom stereocenters. The molecule has 1 aliphatic rings. The first-order chi connectivity index (χ1) is 43.3. The number of nitrogens with one attached hydrogen (secondary N) is 5. The van der Waals surface area contributed by atoms with E-state index in [1.54, 1.807) is 24.2 Å². The van der Waals surface area contributed by atoms with Gasteiger partial charge in [-0.05, 0) is 106 Å². The number of rotatable bonds is 29. The monoisotopic (exact) mass is 1330 g/mol. The molecule has 0 aliphatic carbocycles. The molecule has 26 nitrogen and oxygen atoms in total. The lowest BCUT2D eigenvalue weighted by Gasteiger charge is -2.38. The maximum absolute atomic E-state index is 14.1. The number of benzene rings is 5. The van der Waals surface area contributed by atoms with Crippen LogP contribution in [0.5, 0.6) is 5.75 Å². The number of aromatic nitrogens is 2. The molecule has 0 fully saturated rings. The topological polar surface area (TPSA) is 357 Å². The van der Waals surface area contributed by atoms with Crippen LogP contribution in [-0.4, -0.2) is 166 Å². The Morgan fingerprint density at radius 2 is 1.34 bits per heavy atom. The highest BCUT2D eigenvalue weighted by atomic mass is 32.2. The van der Waals surface area contributed by atoms with Gasteiger partial charge in [0.15, 0.2) is 5.78 Å². The zero-order chi connectivity index (χ0) is 67.3. The van der Waals surface area contributed by atoms with Gasteiger partial charge in [-0.3, -0.25) is 42.5 Å². The molecule has 7 N–H and O–H groups in total. The van der Waals surface area contributed by atoms with Crippen LogP contribution in [-0.2, 0) is 71.0 Å². The van der Waals surface area contributed by atoms with Crippen molar-refractivity contribution in [3.8, 4) is 5.75 Å². The van der Waals surface area contributed by atoms with Gasteiger partial charge in [-0.25, -0.2) is 18.2 Å². The highest BCUT2D eigenvalue weighted by Crippen LogP contribution is 2.43. The molecule has 494 valence electrons. The lowest BCUT2D eigenvalue weighted by atomic mass is 9.76. The fraction of sp³-hybridized carbons (Fsp3) is 0.381. The minimum absolute atomic E-state index is 0.0169. The zero-order valence-corrected chi connectivity index (χ0v) is 54.6. The molecular weight excluding hydrogens is 1250 g/mol. The van der Waals surface area contributed by atoms with Crippen molar-refractivity contribution >= 4 is 77.5 Å². The predicted molar refractivity (Wildman–Crippen MR) is 342 cm³/mol. The van der Waals surface area contributed by atoms with Crippen molar-refractivity contribution in [3.63, 3.8) is 0 Å². The Labute approximate surface area is 535 Å². The third-order valence-electron chi connectivity index (χ3n) is 15.0. The summed E-state index contributed by atoms with van der Waals surface area (Å²) < 4.78 is 115. The van der Waals surface area contributed by atoms with Gasteiger partial charge in [0, 0.05) is 75.8 Å². The maximum atomic E-state index is 14.1. The van der Waals surface area contributed by atoms with E-state index in [9.17, 15) is 63.1 Å². The van der Waals surface area contributed by atoms with Crippen molar-refractivity contribution < 1.29 is 77.3 Å². The number of esters is 1. The van der Waals surface area contributed by atoms with Crippen LogP contribution in [0.25, 0.3) is 0 Å². The molecule has 0 spiro atoms. The number of aryl methyl sites for hydroxylation is 2. The number of methoxy groups -OCH3 is 1. The van der Waals surface area contributed by atoms with Gasteiger partial charge in [0.05, 0.1) is 24.4 Å². The summed E-state index contributed by atoms with van der Waals surface area (Å²) in [5.74, 6) is -5.26. The normalized spacial score (nSPS) is 14.6. The lowest BCUT2D eigenvalue weighted by molar-refractivity contribution is -0.142. The number of amides is 4. The van der Waals surface area contributed by atoms with Gasteiger partial charge in [-0.1, -0.05) is 97.1 Å². The summed E-state index contributed by atoms with van der Waals surface area (Å²) in [6, 6.07) is 32.5. The summed E-state index contributed by atoms with van der Waals surface area (Å²) in [5, 5.41) is 11.1. The standard InChI is InChI=1S/C63H77N9O17S3/c1-41-33-48(88-32-18-25-55(74)64-28-29-65-58(76)53(40-91(82,83)84)72(43(3)39-90(79,80)81)61(78)89-62(4,5)6)34-42(2)56(41)92(85,86)69-50(59(77)87-8)38-67-57(75)52-36-54(73)49-27-26-44(35-51(49)70(52)7)37-68-60-66-30-31-71(60)63(45-19-12-9-13-20-45,46-21-14-10-15-22-46)47-23-16-11-17-24-47/h9-17,19-24,26-27,30-31,33-35,43,50,52-53,69H,18,25,28-29,32,36-40H2,1-8H3,(H,64,74)(H,65,76)(H,66,68)(H,67,75)(H,79,80,81)(H,82,83,84)/t43-,50+,52?,53+/m1/s1. The summed E-state index contributed by atoms with van der Waals surface area (Å²) in [7, 11) is -11.5. The summed E-state index contributed by atoms with van der Waals surface area (Å²) in [6.07, 6.45) is 2.22. The van der Waals surface area contributed by atoms with Crippen molar-refractivity contribution in [2.24, 2.45) is 0 Å². The number of imidazole rings is 1. The minimum atomic E-state index is -4.97. The van der Waals surface area contributed by atoms with Crippen LogP contribution in [0, 0.1) is 13.8 Å². The van der Waals surface area contributed by atoms with E-state index in [-0.39, 0.29) is 73.1 Å². The average molecular weight is 1330 g/mol. The smallest absolute Gasteiger partial charge is 0.411 e. The maximum Gasteiger partial charge on any atom is 0.411 e. The number of anilines is 2. The molecule has 6 aromatic rings. The molecule has 4 amide bonds. The molecule has 2 heterocycles. The number of carbonyl (C=O) groups is 6. The number of nitrogens with zero attached hydrogens (tertiary/aromatic N) is 4. The number of likely N-dealkylation sites (N-methyl/N-ethyl adjacent to an activating group) is 1. The largest absolute Gasteiger partial charge is 0.494 e. The number of Topliss-reactive ketones (excluding diaryl/α,β-unsaturated/α-hetero) is 1. The van der Waals surface area contributed by atoms with Crippen LogP contribution >= 0.6 is 0 Å². The van der Waals surface area contributed by atoms with E-state index in [1.807, 2.05) is 72.9 Å². The van der Waals surface area contributed by atoms with Gasteiger partial charge in [-0.15, -0.1) is 0 Å². The number of ketones is 1. The van der Waals surface area contributed by atoms with Gasteiger partial charge >= 0.3 is 12.1 Å². The quantitative estimate of drug-likeness (QED) is 0.0138. The molecule has 7 rings (SSSR count). The van der Waals surface area contributed by atoms with E-state index in [2.05, 4.69) is 67.0 Å². The molecule has 0 bridgehead atoms. The van der Waals surface area contributed by atoms with Gasteiger partial charge in [0.2, 0.25) is 33.7 Å². The van der Waals surface area contributed by atoms with Crippen LogP contribution < -0.4 is 35.6 Å². The van der Waals surface area contributed by atoms with Gasteiger partial charge < -0.3 is 40.4 Å². The Morgan fingerprint density at radius 3 is 1.88 bits per heavy atom. The highest BCUT2D eigenvalue weighted by molar-refractivity contribution is 7.89. The fourth-order valence-electron chi connectivity index (χ4n) is 11.0. The first-order valence-electron chi connectivity index (χ1n) is 29.2. The zero-order valence-electron chi connectivity index (χ0n) is 52.1. The summed E-state index contributed by atoms with van der Waals surface area (Å²) in [4.78, 5) is 86.9. The van der Waals surface area contributed by atoms with Gasteiger partial charge in [-0.2, -0.15) is 21.6 Å². The number of fused-ring (bicyclic) bond motifs is 1. The van der Waals surface area contributed by atoms with Crippen molar-refractivity contribution in [3.05, 3.63) is 173 Å². The van der Waals surface area contributed by atoms with Crippen LogP contribution in [0.2, 0.25) is 0 Å². The second-order valence-electron chi connectivity index (χ2n) is 23.1. The van der Waals surface area contributed by atoms with E-state index in [1.165, 1.54) is 46.8 Å². The average Bonchev–Trinajstić information content (AvgIpc) is 1.22. The number of hydrogen-bond acceptors (Lipinski definition) is 18. The molecular formula is C63H77N9O17S3. The molecule has 29 heteroatoms. The SMILES string of the molecule is COC(=O)[C@H](CNC(=O)C1CC(=O)c2ccc(CNc3nccn3C(c3ccccc3)(c3ccccc3)c3ccccc3)cc2N1C)NS(=O)(=O)c1c(C)cc(OCCCC(=O)NCCNC(=O)[C@H](CS(=O)(=O)O)N(C(=O)OC(C)(C)C)[C@H](C)CS(=O)(=O)O)cc1C. The predicted octanol–water partition coefficient (Wildman–Crippen LogP) is 5.14. The molecule has 0 saturated heterocycles. The Kier molecular flexibility index (Phi) is 23.2. The summed E-state index contributed by atoms with van der Waals surface area (Å²) in [6.45, 7) is 7.71. The fourth-order valence-corrected chi connectivity index (χ4v) is 14.1. The van der Waals surface area contributed by atoms with E-state index in [0.29, 0.717) is 22.1 Å². The Hall–Kier alpha value is -8.74. The van der Waals surface area contributed by atoms with Crippen LogP contribution in [0.3, 0.4) is 0 Å². The van der Waals surface area contributed by atoms with Crippen molar-refractivity contribution in [2.45, 2.75) is 108 Å². The number of sulfonamides is 1. The second-order valence-corrected chi connectivity index (χ2v) is 27.7. The minimum Gasteiger partial charge on any atom is -0.494 e. The summed E-state index contributed by atoms with van der Waals surface area (Å²) in [5.41, 5.74) is 3.10. The van der Waals surface area contributed by atoms with Crippen LogP contribution in [0.4, 0.5) is 16.4 Å². The Morgan fingerprint density at radius 1 is 0.772 bits per heavy atom. The van der Waals surface area contributed by atoms with Crippen molar-refractivity contribution in [2.75, 3.05) is 62.1 Å². The summed E-state index contributed by atoms with van der Waals surface area (Å²) >= 11 is 0. The highest BCUT2D eigenvalue weighted by Gasteiger charge is 2.42. The number of ether oxygens (including phenoxy) is 3. The first kappa shape index (κ1) is 70.7. The van der Waals surface area contributed by atoms with E-state index in [0.717, 1.165) is 36.3 Å². The Bertz CT molecular complexity index is 3860. The molecule has 0 saturated carbocycles. The van der Waals surface area contributed by atoms with E-state index < -0.39 is 113 Å². The third-order valence-corrected chi connectivity index (χ3v) is 18.4. The van der Waals surface area contributed by atoms with Gasteiger partial charge in [0.25, 0.3) is 20.2 Å². The van der Waals surface area contributed by atoms with Crippen molar-refractivity contribution in [1.29, 1.82) is 0 Å². The van der Waals surface area contributed by atoms with Gasteiger partial charge in [0.1, 0.15) is 40.8 Å². The first-order valence-corrected chi connectivity index (χ1v) is 33.9. The molecule has 1 aromatic heterocycles. The Balaban J connectivity index is 0.932. The van der Waals surface area contributed by atoms with Crippen LogP contribution in [0.15, 0.2) is 139 Å². The van der Waals surface area contributed by atoms with Crippen LogP contribution in [0.1, 0.15) is 90.7 Å². The molecule has 1 unspecified atom stereocenters. The van der Waals surface area contributed by atoms with E-state index >= 15 is 0 Å². The molecule has 5 aromatic carbocycles. The number of carbonyl (C=O) groups excluding carboxylic acids is 6. The molecule has 92 heavy (non-hydrogen) atoms. The lowest BCUT2D eigenvalue weighted by Crippen LogP contribution is -2.58. The number of hydrogen-bond donors (Lipinski definition) is 7. The second kappa shape index (κ2) is 30.1.